The number of nitrogens with one attached hydrogen (secondary N) is 3. The van der Waals surface area contributed by atoms with Crippen LogP contribution in [0, 0.1) is 6.92 Å². The van der Waals surface area contributed by atoms with Crippen molar-refractivity contribution in [1.82, 2.24) is 9.97 Å². The minimum atomic E-state index is -4.88. The van der Waals surface area contributed by atoms with Crippen LogP contribution in [0.25, 0.3) is 0 Å². The number of phosphoric acid groups is 1. The predicted molar refractivity (Wildman–Crippen MR) is 105 cm³/mol. The van der Waals surface area contributed by atoms with Crippen LogP contribution >= 0.6 is 7.82 Å². The molecule has 1 aliphatic rings. The lowest BCUT2D eigenvalue weighted by Crippen LogP contribution is -2.46. The van der Waals surface area contributed by atoms with E-state index in [0.29, 0.717) is 11.4 Å². The smallest absolute Gasteiger partial charge is 0.388 e. The molecule has 0 unspecified atom stereocenters. The summed E-state index contributed by atoms with van der Waals surface area (Å²) in [5.74, 6) is 0.0345. The van der Waals surface area contributed by atoms with Gasteiger partial charge in [0.2, 0.25) is 0 Å². The highest BCUT2D eigenvalue weighted by Gasteiger charge is 2.33. The van der Waals surface area contributed by atoms with Gasteiger partial charge in [0, 0.05) is 0 Å². The Morgan fingerprint density at radius 3 is 2.50 bits per heavy atom. The van der Waals surface area contributed by atoms with E-state index in [0.717, 1.165) is 5.56 Å². The molecule has 3 atom stereocenters. The van der Waals surface area contributed by atoms with E-state index in [9.17, 15) is 29.5 Å². The number of nitrogens with zero attached hydrogens (tertiary/aromatic N) is 1. The second-order valence-electron chi connectivity index (χ2n) is 6.80. The fraction of sp³-hybridized carbons (Fsp3) is 0.375. The first-order valence-corrected chi connectivity index (χ1v) is 10.3. The fourth-order valence-corrected chi connectivity index (χ4v) is 3.39. The van der Waals surface area contributed by atoms with Gasteiger partial charge in [0.25, 0.3) is 5.56 Å². The molecule has 164 valence electrons. The number of aliphatic hydroxyl groups is 3. The minimum Gasteiger partial charge on any atom is -0.388 e. The molecule has 0 spiro atoms. The predicted octanol–water partition coefficient (Wildman–Crippen LogP) is -1.24. The van der Waals surface area contributed by atoms with Gasteiger partial charge < -0.3 is 35.3 Å². The Kier molecular flexibility index (Phi) is 6.15. The van der Waals surface area contributed by atoms with Crippen LogP contribution in [0.15, 0.2) is 27.8 Å². The summed E-state index contributed by atoms with van der Waals surface area (Å²) in [7, 11) is -4.88. The number of phosphoric ester groups is 1. The molecule has 1 aromatic carbocycles. The van der Waals surface area contributed by atoms with Crippen LogP contribution in [0.4, 0.5) is 22.9 Å². The average molecular weight is 444 g/mol. The normalized spacial score (nSPS) is 16.3. The molecule has 0 aliphatic carbocycles. The maximum Gasteiger partial charge on any atom is 0.469 e. The quantitative estimate of drug-likeness (QED) is 0.237. The molecule has 1 aliphatic heterocycles. The summed E-state index contributed by atoms with van der Waals surface area (Å²) >= 11 is 0. The molecule has 14 heteroatoms. The lowest BCUT2D eigenvalue weighted by Gasteiger charge is -2.35. The zero-order valence-corrected chi connectivity index (χ0v) is 16.5. The molecule has 0 saturated heterocycles. The SMILES string of the molecule is Cc1ccc2c(c1)Nc1c([nH]c(=O)[nH]c1=O)N2C[C@@H](O)[C@@H](O)[C@@H](O)COP(=O)(O)O. The van der Waals surface area contributed by atoms with Gasteiger partial charge in [-0.05, 0) is 24.6 Å². The Balaban J connectivity index is 1.91. The summed E-state index contributed by atoms with van der Waals surface area (Å²) in [5, 5.41) is 33.3. The van der Waals surface area contributed by atoms with E-state index in [1.54, 1.807) is 18.2 Å². The second kappa shape index (κ2) is 8.32. The molecule has 0 fully saturated rings. The number of benzene rings is 1. The summed E-state index contributed by atoms with van der Waals surface area (Å²) in [5.41, 5.74) is 0.381. The Morgan fingerprint density at radius 2 is 1.83 bits per heavy atom. The van der Waals surface area contributed by atoms with Crippen molar-refractivity contribution >= 4 is 30.7 Å². The van der Waals surface area contributed by atoms with Crippen LogP contribution in [-0.2, 0) is 9.09 Å². The van der Waals surface area contributed by atoms with Crippen LogP contribution in [0.2, 0.25) is 0 Å². The largest absolute Gasteiger partial charge is 0.469 e. The van der Waals surface area contributed by atoms with Gasteiger partial charge in [-0.2, -0.15) is 0 Å². The second-order valence-corrected chi connectivity index (χ2v) is 8.04. The van der Waals surface area contributed by atoms with Crippen molar-refractivity contribution in [2.45, 2.75) is 25.2 Å². The third-order valence-electron chi connectivity index (χ3n) is 4.47. The van der Waals surface area contributed by atoms with E-state index in [1.807, 2.05) is 6.92 Å². The topological polar surface area (TPSA) is 208 Å². The van der Waals surface area contributed by atoms with E-state index in [2.05, 4.69) is 19.8 Å². The van der Waals surface area contributed by atoms with Gasteiger partial charge in [0.15, 0.2) is 0 Å². The van der Waals surface area contributed by atoms with Crippen molar-refractivity contribution < 1.29 is 34.2 Å². The number of hydrogen-bond donors (Lipinski definition) is 8. The van der Waals surface area contributed by atoms with Gasteiger partial charge in [-0.25, -0.2) is 9.36 Å². The van der Waals surface area contributed by atoms with Gasteiger partial charge in [-0.1, -0.05) is 6.07 Å². The number of anilines is 4. The summed E-state index contributed by atoms with van der Waals surface area (Å²) in [6.07, 6.45) is -5.31. The van der Waals surface area contributed by atoms with Crippen molar-refractivity contribution in [3.8, 4) is 0 Å². The lowest BCUT2D eigenvalue weighted by molar-refractivity contribution is -0.0717. The molecule has 0 saturated carbocycles. The molecule has 2 heterocycles. The van der Waals surface area contributed by atoms with Gasteiger partial charge in [-0.3, -0.25) is 19.3 Å². The first-order valence-electron chi connectivity index (χ1n) is 8.72. The number of aliphatic hydroxyl groups excluding tert-OH is 3. The van der Waals surface area contributed by atoms with Gasteiger partial charge in [0.1, 0.15) is 29.8 Å². The molecule has 0 radical (unpaired) electrons. The summed E-state index contributed by atoms with van der Waals surface area (Å²) < 4.78 is 14.9. The lowest BCUT2D eigenvalue weighted by atomic mass is 10.1. The summed E-state index contributed by atoms with van der Waals surface area (Å²) in [4.78, 5) is 47.3. The van der Waals surface area contributed by atoms with E-state index in [1.165, 1.54) is 4.90 Å². The van der Waals surface area contributed by atoms with Crippen molar-refractivity contribution in [3.63, 3.8) is 0 Å². The zero-order chi connectivity index (χ0) is 22.2. The van der Waals surface area contributed by atoms with Crippen LogP contribution in [0.5, 0.6) is 0 Å². The number of hydrogen-bond acceptors (Lipinski definition) is 9. The fourth-order valence-electron chi connectivity index (χ4n) is 3.05. The number of aryl methyl sites for hydroxylation is 1. The van der Waals surface area contributed by atoms with Crippen LogP contribution in [-0.4, -0.2) is 66.5 Å². The molecular formula is C16H21N4O9P. The van der Waals surface area contributed by atoms with E-state index in [4.69, 9.17) is 9.79 Å². The molecule has 3 rings (SSSR count). The highest BCUT2D eigenvalue weighted by Crippen LogP contribution is 2.41. The molecule has 2 aromatic rings. The Hall–Kier alpha value is -2.51. The van der Waals surface area contributed by atoms with Crippen LogP contribution in [0.3, 0.4) is 0 Å². The minimum absolute atomic E-state index is 0.0137. The molecule has 30 heavy (non-hydrogen) atoms. The Morgan fingerprint density at radius 1 is 1.13 bits per heavy atom. The van der Waals surface area contributed by atoms with E-state index < -0.39 is 44.0 Å². The average Bonchev–Trinajstić information content (AvgIpc) is 2.65. The Labute approximate surface area is 168 Å². The molecule has 1 aromatic heterocycles. The number of aromatic nitrogens is 2. The number of aromatic amines is 2. The summed E-state index contributed by atoms with van der Waals surface area (Å²) in [6, 6.07) is 5.17. The first kappa shape index (κ1) is 22.2. The maximum absolute atomic E-state index is 12.2. The first-order chi connectivity index (χ1) is 14.0. The maximum atomic E-state index is 12.2. The van der Waals surface area contributed by atoms with Crippen molar-refractivity contribution in [3.05, 3.63) is 44.6 Å². The van der Waals surface area contributed by atoms with Crippen molar-refractivity contribution in [1.29, 1.82) is 0 Å². The van der Waals surface area contributed by atoms with Crippen LogP contribution in [0.1, 0.15) is 5.56 Å². The molecule has 0 amide bonds. The van der Waals surface area contributed by atoms with Crippen LogP contribution < -0.4 is 21.5 Å². The van der Waals surface area contributed by atoms with Gasteiger partial charge in [-0.15, -0.1) is 0 Å². The molecule has 0 bridgehead atoms. The number of H-pyrrole nitrogens is 2. The van der Waals surface area contributed by atoms with E-state index in [-0.39, 0.29) is 18.1 Å². The Bertz CT molecular complexity index is 1090. The summed E-state index contributed by atoms with van der Waals surface area (Å²) in [6.45, 7) is 0.528. The molecule has 13 nitrogen and oxygen atoms in total. The van der Waals surface area contributed by atoms with E-state index >= 15 is 0 Å². The highest BCUT2D eigenvalue weighted by atomic mass is 31.2. The molecule has 8 N–H and O–H groups in total. The number of rotatable bonds is 7. The highest BCUT2D eigenvalue weighted by molar-refractivity contribution is 7.46. The van der Waals surface area contributed by atoms with Crippen molar-refractivity contribution in [2.75, 3.05) is 23.4 Å². The monoisotopic (exact) mass is 444 g/mol. The van der Waals surface area contributed by atoms with Crippen molar-refractivity contribution in [2.24, 2.45) is 0 Å². The number of fused-ring (bicyclic) bond motifs is 2. The third-order valence-corrected chi connectivity index (χ3v) is 4.95. The van der Waals surface area contributed by atoms with Gasteiger partial charge in [0.05, 0.1) is 24.5 Å². The zero-order valence-electron chi connectivity index (χ0n) is 15.6. The number of β-amino-alcohol motifs (C(OH)–C–C–N with tert-alkyl or cyclic N) is 1. The molecular weight excluding hydrogens is 423 g/mol. The third kappa shape index (κ3) is 4.79. The standard InChI is InChI=1S/C16H21N4O9P/c1-7-2-3-9-8(4-7)17-12-14(18-16(25)19-15(12)24)20(9)5-10(21)13(23)11(22)6-29-30(26,27)28/h2-4,10-11,13,17,21-23H,5-6H2,1H3,(H2,26,27,28)(H2,18,19,24,25)/t10-,11+,13-/m1/s1. The van der Waals surface area contributed by atoms with Gasteiger partial charge >= 0.3 is 13.5 Å².